The molecule has 0 amide bonds. The highest BCUT2D eigenvalue weighted by atomic mass is 14.3. The molecule has 0 bridgehead atoms. The van der Waals surface area contributed by atoms with Gasteiger partial charge in [0.15, 0.2) is 0 Å². The number of aryl methyl sites for hydroxylation is 1. The molecule has 0 aliphatic heterocycles. The monoisotopic (exact) mass is 274 g/mol. The molecule has 0 aliphatic carbocycles. The van der Waals surface area contributed by atoms with Gasteiger partial charge in [0, 0.05) is 0 Å². The summed E-state index contributed by atoms with van der Waals surface area (Å²) < 4.78 is 0. The SMILES string of the molecule is CCCCCCc1cc(C(C)(C)C)ccc1C(C)(C)C. The molecule has 0 heterocycles. The van der Waals surface area contributed by atoms with Crippen molar-refractivity contribution in [2.75, 3.05) is 0 Å². The Bertz CT molecular complexity index is 413. The predicted octanol–water partition coefficient (Wildman–Crippen LogP) is 6.40. The minimum absolute atomic E-state index is 0.245. The third-order valence-electron chi connectivity index (χ3n) is 4.08. The van der Waals surface area contributed by atoms with E-state index in [0.29, 0.717) is 0 Å². The minimum atomic E-state index is 0.245. The molecule has 1 rings (SSSR count). The molecule has 0 spiro atoms. The van der Waals surface area contributed by atoms with E-state index in [0.717, 1.165) is 0 Å². The molecule has 1 aromatic carbocycles. The fourth-order valence-corrected chi connectivity index (χ4v) is 2.74. The Morgan fingerprint density at radius 1 is 0.800 bits per heavy atom. The van der Waals surface area contributed by atoms with Crippen LogP contribution < -0.4 is 0 Å². The summed E-state index contributed by atoms with van der Waals surface area (Å²) in [6.07, 6.45) is 6.60. The second kappa shape index (κ2) is 6.78. The fraction of sp³-hybridized carbons (Fsp3) is 0.700. The fourth-order valence-electron chi connectivity index (χ4n) is 2.74. The number of hydrogen-bond donors (Lipinski definition) is 0. The van der Waals surface area contributed by atoms with Gasteiger partial charge in [0.1, 0.15) is 0 Å². The second-order valence-corrected chi connectivity index (χ2v) is 8.18. The summed E-state index contributed by atoms with van der Waals surface area (Å²) in [7, 11) is 0. The minimum Gasteiger partial charge on any atom is -0.0654 e. The van der Waals surface area contributed by atoms with Crippen molar-refractivity contribution in [2.24, 2.45) is 0 Å². The van der Waals surface area contributed by atoms with Crippen LogP contribution in [0.5, 0.6) is 0 Å². The lowest BCUT2D eigenvalue weighted by Gasteiger charge is -2.27. The lowest BCUT2D eigenvalue weighted by Crippen LogP contribution is -2.17. The van der Waals surface area contributed by atoms with E-state index >= 15 is 0 Å². The van der Waals surface area contributed by atoms with E-state index in [-0.39, 0.29) is 10.8 Å². The van der Waals surface area contributed by atoms with Crippen LogP contribution in [0.3, 0.4) is 0 Å². The van der Waals surface area contributed by atoms with Gasteiger partial charge < -0.3 is 0 Å². The molecular formula is C20H34. The third kappa shape index (κ3) is 4.96. The van der Waals surface area contributed by atoms with Gasteiger partial charge in [-0.05, 0) is 40.4 Å². The highest BCUT2D eigenvalue weighted by Gasteiger charge is 2.21. The lowest BCUT2D eigenvalue weighted by molar-refractivity contribution is 0.565. The molecule has 0 heteroatoms. The van der Waals surface area contributed by atoms with Crippen molar-refractivity contribution in [2.45, 2.75) is 91.4 Å². The quantitative estimate of drug-likeness (QED) is 0.545. The molecule has 0 aliphatic rings. The largest absolute Gasteiger partial charge is 0.0654 e. The van der Waals surface area contributed by atoms with E-state index in [1.807, 2.05) is 0 Å². The number of rotatable bonds is 5. The predicted molar refractivity (Wildman–Crippen MR) is 91.7 cm³/mol. The van der Waals surface area contributed by atoms with Crippen LogP contribution in [0, 0.1) is 0 Å². The first-order valence-electron chi connectivity index (χ1n) is 8.30. The van der Waals surface area contributed by atoms with Gasteiger partial charge in [-0.3, -0.25) is 0 Å². The topological polar surface area (TPSA) is 0 Å². The van der Waals surface area contributed by atoms with Crippen molar-refractivity contribution in [3.8, 4) is 0 Å². The maximum Gasteiger partial charge on any atom is -0.0129 e. The summed E-state index contributed by atoms with van der Waals surface area (Å²) >= 11 is 0. The Kier molecular flexibility index (Phi) is 5.86. The maximum atomic E-state index is 2.46. The lowest BCUT2D eigenvalue weighted by atomic mass is 9.78. The van der Waals surface area contributed by atoms with Crippen LogP contribution in [-0.4, -0.2) is 0 Å². The molecule has 0 unspecified atom stereocenters. The smallest absolute Gasteiger partial charge is 0.0129 e. The average molecular weight is 274 g/mol. The van der Waals surface area contributed by atoms with E-state index in [2.05, 4.69) is 66.7 Å². The summed E-state index contributed by atoms with van der Waals surface area (Å²) in [6.45, 7) is 16.2. The van der Waals surface area contributed by atoms with Crippen LogP contribution >= 0.6 is 0 Å². The van der Waals surface area contributed by atoms with Crippen molar-refractivity contribution in [1.29, 1.82) is 0 Å². The van der Waals surface area contributed by atoms with Gasteiger partial charge in [0.2, 0.25) is 0 Å². The first kappa shape index (κ1) is 17.3. The Labute approximate surface area is 127 Å². The van der Waals surface area contributed by atoms with Crippen molar-refractivity contribution in [3.63, 3.8) is 0 Å². The zero-order valence-electron chi connectivity index (χ0n) is 14.8. The summed E-state index contributed by atoms with van der Waals surface area (Å²) in [5.74, 6) is 0. The van der Waals surface area contributed by atoms with Gasteiger partial charge >= 0.3 is 0 Å². The van der Waals surface area contributed by atoms with Gasteiger partial charge in [-0.2, -0.15) is 0 Å². The molecule has 0 nitrogen and oxygen atoms in total. The van der Waals surface area contributed by atoms with Crippen LogP contribution in [0.4, 0.5) is 0 Å². The summed E-state index contributed by atoms with van der Waals surface area (Å²) in [5, 5.41) is 0. The Morgan fingerprint density at radius 2 is 1.45 bits per heavy atom. The van der Waals surface area contributed by atoms with Gasteiger partial charge in [0.25, 0.3) is 0 Å². The van der Waals surface area contributed by atoms with E-state index in [4.69, 9.17) is 0 Å². The van der Waals surface area contributed by atoms with Gasteiger partial charge in [-0.15, -0.1) is 0 Å². The highest BCUT2D eigenvalue weighted by molar-refractivity contribution is 5.39. The third-order valence-corrected chi connectivity index (χ3v) is 4.08. The molecule has 0 radical (unpaired) electrons. The summed E-state index contributed by atoms with van der Waals surface area (Å²) in [6, 6.07) is 7.17. The van der Waals surface area contributed by atoms with Crippen LogP contribution in [0.2, 0.25) is 0 Å². The molecule has 0 aromatic heterocycles. The van der Waals surface area contributed by atoms with Gasteiger partial charge in [-0.25, -0.2) is 0 Å². The van der Waals surface area contributed by atoms with Crippen molar-refractivity contribution >= 4 is 0 Å². The van der Waals surface area contributed by atoms with E-state index in [9.17, 15) is 0 Å². The molecule has 0 saturated carbocycles. The standard InChI is InChI=1S/C20H34/c1-8-9-10-11-12-16-15-17(19(2,3)4)13-14-18(16)20(5,6)7/h13-15H,8-12H2,1-7H3. The Hall–Kier alpha value is -0.780. The molecule has 20 heavy (non-hydrogen) atoms. The molecule has 0 fully saturated rings. The van der Waals surface area contributed by atoms with E-state index in [1.54, 1.807) is 5.56 Å². The molecule has 0 atom stereocenters. The molecule has 1 aromatic rings. The van der Waals surface area contributed by atoms with E-state index < -0.39 is 0 Å². The second-order valence-electron chi connectivity index (χ2n) is 8.18. The van der Waals surface area contributed by atoms with Crippen LogP contribution in [0.1, 0.15) is 90.8 Å². The maximum absolute atomic E-state index is 2.46. The van der Waals surface area contributed by atoms with Gasteiger partial charge in [0.05, 0.1) is 0 Å². The normalized spacial score (nSPS) is 12.8. The van der Waals surface area contributed by atoms with E-state index in [1.165, 1.54) is 43.2 Å². The first-order valence-corrected chi connectivity index (χ1v) is 8.30. The van der Waals surface area contributed by atoms with Crippen LogP contribution in [-0.2, 0) is 17.3 Å². The van der Waals surface area contributed by atoms with Crippen molar-refractivity contribution < 1.29 is 0 Å². The first-order chi connectivity index (χ1) is 9.16. The number of hydrogen-bond acceptors (Lipinski definition) is 0. The van der Waals surface area contributed by atoms with Gasteiger partial charge in [-0.1, -0.05) is 85.9 Å². The Balaban J connectivity index is 3.01. The molecule has 114 valence electrons. The number of benzene rings is 1. The molecular weight excluding hydrogens is 240 g/mol. The zero-order valence-corrected chi connectivity index (χ0v) is 14.8. The Morgan fingerprint density at radius 3 is 1.95 bits per heavy atom. The highest BCUT2D eigenvalue weighted by Crippen LogP contribution is 2.31. The molecule has 0 saturated heterocycles. The van der Waals surface area contributed by atoms with Crippen molar-refractivity contribution in [1.82, 2.24) is 0 Å². The van der Waals surface area contributed by atoms with Crippen LogP contribution in [0.15, 0.2) is 18.2 Å². The zero-order chi connectivity index (χ0) is 15.4. The van der Waals surface area contributed by atoms with Crippen LogP contribution in [0.25, 0.3) is 0 Å². The van der Waals surface area contributed by atoms with Crippen molar-refractivity contribution in [3.05, 3.63) is 34.9 Å². The summed E-state index contributed by atoms with van der Waals surface area (Å²) in [4.78, 5) is 0. The number of unbranched alkanes of at least 4 members (excludes halogenated alkanes) is 3. The summed E-state index contributed by atoms with van der Waals surface area (Å²) in [5.41, 5.74) is 5.06. The average Bonchev–Trinajstić information content (AvgIpc) is 2.32. The molecule has 0 N–H and O–H groups in total.